The van der Waals surface area contributed by atoms with Gasteiger partial charge in [0.15, 0.2) is 0 Å². The number of fused-ring (bicyclic) bond motifs is 1. The molecule has 0 unspecified atom stereocenters. The monoisotopic (exact) mass is 239 g/mol. The number of nitrogens with zero attached hydrogens (tertiary/aromatic N) is 2. The predicted octanol–water partition coefficient (Wildman–Crippen LogP) is 2.36. The first-order valence-corrected chi connectivity index (χ1v) is 6.65. The van der Waals surface area contributed by atoms with Gasteiger partial charge < -0.3 is 5.32 Å². The largest absolute Gasteiger partial charge is 0.316 e. The molecule has 1 fully saturated rings. The van der Waals surface area contributed by atoms with Crippen molar-refractivity contribution in [2.75, 3.05) is 13.1 Å². The average Bonchev–Trinajstić information content (AvgIpc) is 2.47. The van der Waals surface area contributed by atoms with Crippen LogP contribution in [-0.2, 0) is 0 Å². The topological polar surface area (TPSA) is 48.7 Å². The second-order valence-corrected chi connectivity index (χ2v) is 5.17. The van der Waals surface area contributed by atoms with Gasteiger partial charge in [-0.25, -0.2) is 0 Å². The molecule has 1 N–H and O–H groups in total. The fourth-order valence-electron chi connectivity index (χ4n) is 3.22. The number of hydrogen-bond acceptors (Lipinski definition) is 3. The van der Waals surface area contributed by atoms with Crippen molar-refractivity contribution in [2.24, 2.45) is 11.8 Å². The molecule has 0 aromatic carbocycles. The molecule has 0 spiro atoms. The van der Waals surface area contributed by atoms with Crippen molar-refractivity contribution in [3.8, 4) is 6.07 Å². The third-order valence-corrected chi connectivity index (χ3v) is 4.13. The maximum Gasteiger partial charge on any atom is 0.101 e. The lowest BCUT2D eigenvalue weighted by atomic mass is 9.73. The second kappa shape index (κ2) is 4.91. The molecule has 1 saturated heterocycles. The number of piperidine rings is 1. The van der Waals surface area contributed by atoms with Crippen LogP contribution >= 0.6 is 0 Å². The summed E-state index contributed by atoms with van der Waals surface area (Å²) in [6.07, 6.45) is 9.60. The van der Waals surface area contributed by atoms with Crippen molar-refractivity contribution in [1.29, 1.82) is 5.26 Å². The zero-order valence-corrected chi connectivity index (χ0v) is 10.4. The standard InChI is InChI=1S/C15H17N3/c16-7-11-6-13(9-18-8-11)14-3-1-2-12-4-5-17-10-15(12)14/h3,6,8-9,12,15,17H,1-2,4-5,10H2/t12-,15+/m0/s1. The van der Waals surface area contributed by atoms with Gasteiger partial charge in [-0.3, -0.25) is 4.98 Å². The first-order valence-electron chi connectivity index (χ1n) is 6.65. The summed E-state index contributed by atoms with van der Waals surface area (Å²) in [4.78, 5) is 4.18. The molecule has 92 valence electrons. The molecule has 0 amide bonds. The van der Waals surface area contributed by atoms with E-state index in [9.17, 15) is 0 Å². The lowest BCUT2D eigenvalue weighted by molar-refractivity contribution is 0.285. The third kappa shape index (κ3) is 2.04. The van der Waals surface area contributed by atoms with Gasteiger partial charge in [-0.15, -0.1) is 0 Å². The van der Waals surface area contributed by atoms with E-state index in [0.29, 0.717) is 11.5 Å². The van der Waals surface area contributed by atoms with E-state index in [2.05, 4.69) is 22.4 Å². The first kappa shape index (κ1) is 11.4. The minimum Gasteiger partial charge on any atom is -0.316 e. The molecule has 2 atom stereocenters. The highest BCUT2D eigenvalue weighted by molar-refractivity contribution is 5.69. The number of nitrogens with one attached hydrogen (secondary N) is 1. The van der Waals surface area contributed by atoms with Crippen molar-refractivity contribution in [3.63, 3.8) is 0 Å². The van der Waals surface area contributed by atoms with Crippen LogP contribution in [0.5, 0.6) is 0 Å². The average molecular weight is 239 g/mol. The number of pyridine rings is 1. The van der Waals surface area contributed by atoms with E-state index in [1.54, 1.807) is 6.20 Å². The highest BCUT2D eigenvalue weighted by Gasteiger charge is 2.30. The lowest BCUT2D eigenvalue weighted by Gasteiger charge is -2.37. The lowest BCUT2D eigenvalue weighted by Crippen LogP contribution is -2.38. The summed E-state index contributed by atoms with van der Waals surface area (Å²) in [6.45, 7) is 2.21. The summed E-state index contributed by atoms with van der Waals surface area (Å²) < 4.78 is 0. The number of allylic oxidation sites excluding steroid dienone is 1. The van der Waals surface area contributed by atoms with E-state index in [1.165, 1.54) is 18.4 Å². The van der Waals surface area contributed by atoms with Crippen LogP contribution in [0.4, 0.5) is 0 Å². The van der Waals surface area contributed by atoms with Crippen molar-refractivity contribution in [3.05, 3.63) is 35.7 Å². The molecule has 0 radical (unpaired) electrons. The van der Waals surface area contributed by atoms with Gasteiger partial charge in [0, 0.05) is 18.9 Å². The van der Waals surface area contributed by atoms with E-state index in [4.69, 9.17) is 5.26 Å². The Morgan fingerprint density at radius 3 is 3.17 bits per heavy atom. The van der Waals surface area contributed by atoms with Gasteiger partial charge in [0.05, 0.1) is 5.56 Å². The van der Waals surface area contributed by atoms with Crippen molar-refractivity contribution < 1.29 is 0 Å². The molecular formula is C15H17N3. The minimum atomic E-state index is 0.600. The van der Waals surface area contributed by atoms with E-state index in [1.807, 2.05) is 12.3 Å². The zero-order chi connectivity index (χ0) is 12.4. The molecule has 1 aromatic rings. The highest BCUT2D eigenvalue weighted by Crippen LogP contribution is 2.39. The van der Waals surface area contributed by atoms with Gasteiger partial charge in [-0.1, -0.05) is 6.08 Å². The van der Waals surface area contributed by atoms with Gasteiger partial charge >= 0.3 is 0 Å². The Hall–Kier alpha value is -1.66. The Bertz CT molecular complexity index is 513. The van der Waals surface area contributed by atoms with Gasteiger partial charge in [-0.2, -0.15) is 5.26 Å². The minimum absolute atomic E-state index is 0.600. The Morgan fingerprint density at radius 2 is 2.28 bits per heavy atom. The van der Waals surface area contributed by atoms with Crippen LogP contribution in [-0.4, -0.2) is 18.1 Å². The Morgan fingerprint density at radius 1 is 1.33 bits per heavy atom. The van der Waals surface area contributed by atoms with Gasteiger partial charge in [0.2, 0.25) is 0 Å². The third-order valence-electron chi connectivity index (χ3n) is 4.13. The van der Waals surface area contributed by atoms with Crippen molar-refractivity contribution in [2.45, 2.75) is 19.3 Å². The molecule has 1 aromatic heterocycles. The van der Waals surface area contributed by atoms with E-state index in [0.717, 1.165) is 31.0 Å². The Labute approximate surface area is 108 Å². The van der Waals surface area contributed by atoms with Crippen molar-refractivity contribution in [1.82, 2.24) is 10.3 Å². The molecule has 2 aliphatic rings. The van der Waals surface area contributed by atoms with E-state index >= 15 is 0 Å². The molecule has 1 aliphatic heterocycles. The normalized spacial score (nSPS) is 26.9. The summed E-state index contributed by atoms with van der Waals surface area (Å²) in [6, 6.07) is 4.14. The molecule has 3 rings (SSSR count). The molecule has 3 heteroatoms. The molecule has 0 bridgehead atoms. The molecule has 0 saturated carbocycles. The van der Waals surface area contributed by atoms with Crippen LogP contribution in [0, 0.1) is 23.2 Å². The van der Waals surface area contributed by atoms with E-state index < -0.39 is 0 Å². The quantitative estimate of drug-likeness (QED) is 0.818. The number of nitriles is 1. The first-order chi connectivity index (χ1) is 8.88. The maximum atomic E-state index is 8.97. The maximum absolute atomic E-state index is 8.97. The molecule has 18 heavy (non-hydrogen) atoms. The van der Waals surface area contributed by atoms with Crippen LogP contribution in [0.2, 0.25) is 0 Å². The summed E-state index contributed by atoms with van der Waals surface area (Å²) >= 11 is 0. The van der Waals surface area contributed by atoms with Gasteiger partial charge in [-0.05, 0) is 54.8 Å². The van der Waals surface area contributed by atoms with Crippen LogP contribution in [0.25, 0.3) is 5.57 Å². The molecule has 1 aliphatic carbocycles. The summed E-state index contributed by atoms with van der Waals surface area (Å²) in [5.74, 6) is 1.40. The molecule has 3 nitrogen and oxygen atoms in total. The predicted molar refractivity (Wildman–Crippen MR) is 70.6 cm³/mol. The SMILES string of the molecule is N#Cc1cncc(C2=CCC[C@H]3CCNC[C@@H]23)c1. The fraction of sp³-hybridized carbons (Fsp3) is 0.467. The number of aromatic nitrogens is 1. The summed E-state index contributed by atoms with van der Waals surface area (Å²) in [7, 11) is 0. The van der Waals surface area contributed by atoms with Crippen LogP contribution in [0.15, 0.2) is 24.5 Å². The number of hydrogen-bond donors (Lipinski definition) is 1. The Kier molecular flexibility index (Phi) is 3.12. The van der Waals surface area contributed by atoms with Crippen LogP contribution in [0.1, 0.15) is 30.4 Å². The van der Waals surface area contributed by atoms with Crippen LogP contribution < -0.4 is 5.32 Å². The fourth-order valence-corrected chi connectivity index (χ4v) is 3.22. The zero-order valence-electron chi connectivity index (χ0n) is 10.4. The Balaban J connectivity index is 1.94. The highest BCUT2D eigenvalue weighted by atomic mass is 14.9. The molecular weight excluding hydrogens is 222 g/mol. The van der Waals surface area contributed by atoms with Crippen LogP contribution in [0.3, 0.4) is 0 Å². The second-order valence-electron chi connectivity index (χ2n) is 5.17. The smallest absolute Gasteiger partial charge is 0.101 e. The van der Waals surface area contributed by atoms with Crippen molar-refractivity contribution >= 4 is 5.57 Å². The summed E-state index contributed by atoms with van der Waals surface area (Å²) in [5.41, 5.74) is 3.18. The number of rotatable bonds is 1. The van der Waals surface area contributed by atoms with Gasteiger partial charge in [0.25, 0.3) is 0 Å². The summed E-state index contributed by atoms with van der Waals surface area (Å²) in [5, 5.41) is 12.5. The van der Waals surface area contributed by atoms with E-state index in [-0.39, 0.29) is 0 Å². The van der Waals surface area contributed by atoms with Gasteiger partial charge in [0.1, 0.15) is 6.07 Å². The molecule has 2 heterocycles.